The SMILES string of the molecule is COc1ccc(OCC(=O)N/N=C(/C)c2cccc(NC(=O)c3ccccc3)c2)cc1. The van der Waals surface area contributed by atoms with Crippen LogP contribution in [0.1, 0.15) is 22.8 Å². The molecule has 2 amide bonds. The molecular formula is C24H23N3O4. The lowest BCUT2D eigenvalue weighted by Crippen LogP contribution is -2.25. The number of hydrogen-bond donors (Lipinski definition) is 2. The van der Waals surface area contributed by atoms with Crippen LogP contribution in [0.3, 0.4) is 0 Å². The van der Waals surface area contributed by atoms with Gasteiger partial charge in [-0.2, -0.15) is 5.10 Å². The van der Waals surface area contributed by atoms with E-state index in [4.69, 9.17) is 9.47 Å². The van der Waals surface area contributed by atoms with Gasteiger partial charge in [0.1, 0.15) is 11.5 Å². The van der Waals surface area contributed by atoms with Crippen molar-refractivity contribution in [3.8, 4) is 11.5 Å². The molecule has 0 aromatic heterocycles. The molecule has 158 valence electrons. The molecule has 0 aliphatic carbocycles. The quantitative estimate of drug-likeness (QED) is 0.430. The summed E-state index contributed by atoms with van der Waals surface area (Å²) in [5.74, 6) is 0.678. The molecule has 0 saturated carbocycles. The van der Waals surface area contributed by atoms with E-state index in [0.29, 0.717) is 28.5 Å². The van der Waals surface area contributed by atoms with Gasteiger partial charge < -0.3 is 14.8 Å². The Labute approximate surface area is 180 Å². The van der Waals surface area contributed by atoms with Gasteiger partial charge in [0.15, 0.2) is 6.61 Å². The highest BCUT2D eigenvalue weighted by Crippen LogP contribution is 2.17. The van der Waals surface area contributed by atoms with Gasteiger partial charge in [-0.25, -0.2) is 5.43 Å². The van der Waals surface area contributed by atoms with Crippen molar-refractivity contribution in [3.05, 3.63) is 90.0 Å². The number of amides is 2. The van der Waals surface area contributed by atoms with Crippen molar-refractivity contribution in [2.24, 2.45) is 5.10 Å². The van der Waals surface area contributed by atoms with E-state index < -0.39 is 0 Å². The van der Waals surface area contributed by atoms with Gasteiger partial charge in [-0.15, -0.1) is 0 Å². The van der Waals surface area contributed by atoms with Gasteiger partial charge in [-0.05, 0) is 61.0 Å². The molecule has 0 aliphatic rings. The van der Waals surface area contributed by atoms with Crippen LogP contribution in [-0.4, -0.2) is 31.2 Å². The number of rotatable bonds is 8. The summed E-state index contributed by atoms with van der Waals surface area (Å²) in [4.78, 5) is 24.3. The highest BCUT2D eigenvalue weighted by Gasteiger charge is 2.07. The van der Waals surface area contributed by atoms with E-state index in [9.17, 15) is 9.59 Å². The number of carbonyl (C=O) groups is 2. The average molecular weight is 417 g/mol. The maximum Gasteiger partial charge on any atom is 0.277 e. The van der Waals surface area contributed by atoms with Crippen molar-refractivity contribution in [3.63, 3.8) is 0 Å². The van der Waals surface area contributed by atoms with Crippen molar-refractivity contribution in [2.45, 2.75) is 6.92 Å². The first kappa shape index (κ1) is 21.6. The molecule has 3 rings (SSSR count). The normalized spacial score (nSPS) is 10.8. The lowest BCUT2D eigenvalue weighted by atomic mass is 10.1. The number of carbonyl (C=O) groups excluding carboxylic acids is 2. The average Bonchev–Trinajstić information content (AvgIpc) is 2.82. The van der Waals surface area contributed by atoms with Gasteiger partial charge in [-0.1, -0.05) is 30.3 Å². The number of hydrazone groups is 1. The number of nitrogens with one attached hydrogen (secondary N) is 2. The monoisotopic (exact) mass is 417 g/mol. The standard InChI is InChI=1S/C24H23N3O4/c1-17(26-27-23(28)16-31-22-13-11-21(30-2)12-14-22)19-9-6-10-20(15-19)25-24(29)18-7-4-3-5-8-18/h3-15H,16H2,1-2H3,(H,25,29)(H,27,28)/b26-17-. The van der Waals surface area contributed by atoms with Gasteiger partial charge in [0, 0.05) is 11.3 Å². The molecule has 0 heterocycles. The first-order valence-corrected chi connectivity index (χ1v) is 9.62. The first-order valence-electron chi connectivity index (χ1n) is 9.62. The predicted octanol–water partition coefficient (Wildman–Crippen LogP) is 3.87. The van der Waals surface area contributed by atoms with E-state index in [-0.39, 0.29) is 18.4 Å². The third-order valence-electron chi connectivity index (χ3n) is 4.35. The number of anilines is 1. The molecule has 7 heteroatoms. The lowest BCUT2D eigenvalue weighted by molar-refractivity contribution is -0.123. The Morgan fingerprint density at radius 3 is 2.26 bits per heavy atom. The summed E-state index contributed by atoms with van der Waals surface area (Å²) in [6.45, 7) is 1.60. The molecule has 0 unspecified atom stereocenters. The first-order chi connectivity index (χ1) is 15.0. The molecule has 31 heavy (non-hydrogen) atoms. The summed E-state index contributed by atoms with van der Waals surface area (Å²) >= 11 is 0. The van der Waals surface area contributed by atoms with Crippen LogP contribution in [0.5, 0.6) is 11.5 Å². The van der Waals surface area contributed by atoms with Crippen LogP contribution < -0.4 is 20.2 Å². The Kier molecular flexibility index (Phi) is 7.37. The fourth-order valence-electron chi connectivity index (χ4n) is 2.68. The minimum atomic E-state index is -0.385. The van der Waals surface area contributed by atoms with E-state index in [1.807, 2.05) is 30.3 Å². The molecule has 0 spiro atoms. The summed E-state index contributed by atoms with van der Waals surface area (Å²) in [6.07, 6.45) is 0. The van der Waals surface area contributed by atoms with Gasteiger partial charge in [0.2, 0.25) is 0 Å². The van der Waals surface area contributed by atoms with Crippen molar-refractivity contribution in [2.75, 3.05) is 19.0 Å². The van der Waals surface area contributed by atoms with E-state index in [0.717, 1.165) is 5.56 Å². The molecule has 3 aromatic carbocycles. The van der Waals surface area contributed by atoms with Crippen LogP contribution in [0, 0.1) is 0 Å². The molecule has 2 N–H and O–H groups in total. The number of ether oxygens (including phenoxy) is 2. The second-order valence-electron chi connectivity index (χ2n) is 6.60. The van der Waals surface area contributed by atoms with E-state index >= 15 is 0 Å². The molecule has 7 nitrogen and oxygen atoms in total. The second-order valence-corrected chi connectivity index (χ2v) is 6.60. The summed E-state index contributed by atoms with van der Waals surface area (Å²) in [5.41, 5.74) is 5.04. The third kappa shape index (κ3) is 6.43. The zero-order valence-electron chi connectivity index (χ0n) is 17.3. The summed E-state index contributed by atoms with van der Waals surface area (Å²) in [5, 5.41) is 6.97. The van der Waals surface area contributed by atoms with Crippen LogP contribution >= 0.6 is 0 Å². The molecule has 0 saturated heterocycles. The van der Waals surface area contributed by atoms with Gasteiger partial charge in [0.05, 0.1) is 12.8 Å². The summed E-state index contributed by atoms with van der Waals surface area (Å²) < 4.78 is 10.5. The fraction of sp³-hybridized carbons (Fsp3) is 0.125. The molecule has 0 fully saturated rings. The van der Waals surface area contributed by atoms with Gasteiger partial charge >= 0.3 is 0 Å². The van der Waals surface area contributed by atoms with Crippen LogP contribution in [0.2, 0.25) is 0 Å². The zero-order chi connectivity index (χ0) is 22.1. The molecule has 0 aliphatic heterocycles. The van der Waals surface area contributed by atoms with Crippen LogP contribution in [0.15, 0.2) is 84.0 Å². The van der Waals surface area contributed by atoms with Crippen LogP contribution in [0.4, 0.5) is 5.69 Å². The zero-order valence-corrected chi connectivity index (χ0v) is 17.3. The van der Waals surface area contributed by atoms with Crippen molar-refractivity contribution in [1.82, 2.24) is 5.43 Å². The minimum absolute atomic E-state index is 0.170. The topological polar surface area (TPSA) is 89.0 Å². The Bertz CT molecular complexity index is 1060. The Balaban J connectivity index is 1.55. The van der Waals surface area contributed by atoms with E-state index in [1.54, 1.807) is 62.6 Å². The van der Waals surface area contributed by atoms with Gasteiger partial charge in [-0.3, -0.25) is 9.59 Å². The Morgan fingerprint density at radius 2 is 1.55 bits per heavy atom. The second kappa shape index (κ2) is 10.6. The number of benzene rings is 3. The van der Waals surface area contributed by atoms with Crippen molar-refractivity contribution < 1.29 is 19.1 Å². The number of nitrogens with zero attached hydrogens (tertiary/aromatic N) is 1. The highest BCUT2D eigenvalue weighted by molar-refractivity contribution is 6.05. The number of hydrogen-bond acceptors (Lipinski definition) is 5. The minimum Gasteiger partial charge on any atom is -0.497 e. The predicted molar refractivity (Wildman–Crippen MR) is 120 cm³/mol. The molecule has 0 radical (unpaired) electrons. The fourth-order valence-corrected chi connectivity index (χ4v) is 2.68. The molecule has 3 aromatic rings. The van der Waals surface area contributed by atoms with Crippen molar-refractivity contribution in [1.29, 1.82) is 0 Å². The van der Waals surface area contributed by atoms with Gasteiger partial charge in [0.25, 0.3) is 11.8 Å². The highest BCUT2D eigenvalue weighted by atomic mass is 16.5. The maximum absolute atomic E-state index is 12.3. The third-order valence-corrected chi connectivity index (χ3v) is 4.35. The number of methoxy groups -OCH3 is 1. The lowest BCUT2D eigenvalue weighted by Gasteiger charge is -2.08. The largest absolute Gasteiger partial charge is 0.497 e. The van der Waals surface area contributed by atoms with E-state index in [1.165, 1.54) is 0 Å². The maximum atomic E-state index is 12.3. The molecular weight excluding hydrogens is 394 g/mol. The van der Waals surface area contributed by atoms with Crippen molar-refractivity contribution >= 4 is 23.2 Å². The molecule has 0 bridgehead atoms. The van der Waals surface area contributed by atoms with Crippen LogP contribution in [-0.2, 0) is 4.79 Å². The summed E-state index contributed by atoms with van der Waals surface area (Å²) in [6, 6.07) is 23.1. The van der Waals surface area contributed by atoms with Crippen LogP contribution in [0.25, 0.3) is 0 Å². The summed E-state index contributed by atoms with van der Waals surface area (Å²) in [7, 11) is 1.58. The Morgan fingerprint density at radius 1 is 0.871 bits per heavy atom. The van der Waals surface area contributed by atoms with E-state index in [2.05, 4.69) is 15.8 Å². The Hall–Kier alpha value is -4.13. The molecule has 0 atom stereocenters. The smallest absolute Gasteiger partial charge is 0.277 e.